The molecule has 1 atom stereocenters. The SMILES string of the molecule is CN[C@@H](Cn1c(=O)c(-c2ccc(O)cc2)c(C)n(Cc2c(F)cccc2F)c1=O)c1ccccc1. The summed E-state index contributed by atoms with van der Waals surface area (Å²) in [5.74, 6) is -1.54. The third-order valence-corrected chi connectivity index (χ3v) is 6.14. The molecule has 0 amide bonds. The summed E-state index contributed by atoms with van der Waals surface area (Å²) in [6.07, 6.45) is 0. The van der Waals surface area contributed by atoms with Crippen LogP contribution in [0.4, 0.5) is 8.78 Å². The molecule has 6 nitrogen and oxygen atoms in total. The minimum atomic E-state index is -0.780. The summed E-state index contributed by atoms with van der Waals surface area (Å²) in [6, 6.07) is 18.5. The number of likely N-dealkylation sites (N-methyl/N-ethyl adjacent to an activating group) is 1. The first-order chi connectivity index (χ1) is 16.8. The van der Waals surface area contributed by atoms with Crippen LogP contribution in [0.2, 0.25) is 0 Å². The molecule has 0 radical (unpaired) electrons. The van der Waals surface area contributed by atoms with Crippen LogP contribution >= 0.6 is 0 Å². The van der Waals surface area contributed by atoms with Crippen molar-refractivity contribution in [3.05, 3.63) is 122 Å². The number of hydrogen-bond acceptors (Lipinski definition) is 4. The first kappa shape index (κ1) is 24.1. The standard InChI is InChI=1S/C27H25F2N3O3/c1-17-25(19-11-13-20(33)14-12-19)26(34)32(16-24(30-2)18-7-4-3-5-8-18)27(35)31(17)15-21-22(28)9-6-10-23(21)29/h3-14,24,30,33H,15-16H2,1-2H3/t24-/m0/s1. The molecule has 0 saturated carbocycles. The average molecular weight is 478 g/mol. The van der Waals surface area contributed by atoms with Gasteiger partial charge in [0.15, 0.2) is 0 Å². The maximum Gasteiger partial charge on any atom is 0.331 e. The summed E-state index contributed by atoms with van der Waals surface area (Å²) in [4.78, 5) is 27.2. The number of benzene rings is 3. The highest BCUT2D eigenvalue weighted by Crippen LogP contribution is 2.23. The molecule has 0 fully saturated rings. The van der Waals surface area contributed by atoms with Crippen molar-refractivity contribution in [1.29, 1.82) is 0 Å². The van der Waals surface area contributed by atoms with Gasteiger partial charge in [-0.05, 0) is 49.4 Å². The van der Waals surface area contributed by atoms with E-state index in [2.05, 4.69) is 5.32 Å². The van der Waals surface area contributed by atoms with Gasteiger partial charge in [0.05, 0.1) is 24.7 Å². The predicted molar refractivity (Wildman–Crippen MR) is 131 cm³/mol. The third kappa shape index (κ3) is 4.79. The lowest BCUT2D eigenvalue weighted by Crippen LogP contribution is -2.44. The van der Waals surface area contributed by atoms with Crippen LogP contribution in [0.3, 0.4) is 0 Å². The van der Waals surface area contributed by atoms with Crippen molar-refractivity contribution in [3.8, 4) is 16.9 Å². The van der Waals surface area contributed by atoms with Crippen molar-refractivity contribution in [2.24, 2.45) is 0 Å². The van der Waals surface area contributed by atoms with Crippen molar-refractivity contribution >= 4 is 0 Å². The number of rotatable bonds is 7. The van der Waals surface area contributed by atoms with E-state index in [1.807, 2.05) is 30.3 Å². The maximum atomic E-state index is 14.5. The van der Waals surface area contributed by atoms with Gasteiger partial charge in [0.2, 0.25) is 0 Å². The highest BCUT2D eigenvalue weighted by Gasteiger charge is 2.22. The minimum Gasteiger partial charge on any atom is -0.508 e. The average Bonchev–Trinajstić information content (AvgIpc) is 2.85. The summed E-state index contributed by atoms with van der Waals surface area (Å²) in [6.45, 7) is 1.19. The van der Waals surface area contributed by atoms with E-state index in [4.69, 9.17) is 0 Å². The van der Waals surface area contributed by atoms with Gasteiger partial charge in [0, 0.05) is 11.3 Å². The first-order valence-electron chi connectivity index (χ1n) is 11.1. The van der Waals surface area contributed by atoms with E-state index in [0.717, 1.165) is 22.3 Å². The van der Waals surface area contributed by atoms with E-state index in [1.54, 1.807) is 26.1 Å². The zero-order chi connectivity index (χ0) is 25.1. The van der Waals surface area contributed by atoms with Gasteiger partial charge in [-0.15, -0.1) is 0 Å². The topological polar surface area (TPSA) is 76.3 Å². The fourth-order valence-electron chi connectivity index (χ4n) is 4.18. The Balaban J connectivity index is 1.94. The number of nitrogens with one attached hydrogen (secondary N) is 1. The molecule has 8 heteroatoms. The molecule has 0 bridgehead atoms. The number of hydrogen-bond donors (Lipinski definition) is 2. The van der Waals surface area contributed by atoms with E-state index in [0.29, 0.717) is 5.56 Å². The second-order valence-corrected chi connectivity index (χ2v) is 8.24. The van der Waals surface area contributed by atoms with E-state index in [9.17, 15) is 23.5 Å². The Bertz CT molecular complexity index is 1440. The number of phenolic OH excluding ortho intramolecular Hbond substituents is 1. The molecule has 0 aliphatic carbocycles. The molecule has 0 aliphatic heterocycles. The molecule has 0 aliphatic rings. The summed E-state index contributed by atoms with van der Waals surface area (Å²) in [5.41, 5.74) is 0.359. The van der Waals surface area contributed by atoms with E-state index in [1.165, 1.54) is 22.8 Å². The third-order valence-electron chi connectivity index (χ3n) is 6.14. The Morgan fingerprint density at radius 2 is 1.51 bits per heavy atom. The summed E-state index contributed by atoms with van der Waals surface area (Å²) >= 11 is 0. The van der Waals surface area contributed by atoms with E-state index < -0.39 is 22.9 Å². The molecule has 1 heterocycles. The van der Waals surface area contributed by atoms with Crippen LogP contribution in [0.15, 0.2) is 82.4 Å². The summed E-state index contributed by atoms with van der Waals surface area (Å²) in [5, 5.41) is 12.8. The van der Waals surface area contributed by atoms with Crippen LogP contribution < -0.4 is 16.6 Å². The van der Waals surface area contributed by atoms with Gasteiger partial charge in [-0.2, -0.15) is 0 Å². The maximum absolute atomic E-state index is 14.5. The fraction of sp³-hybridized carbons (Fsp3) is 0.185. The Morgan fingerprint density at radius 1 is 0.886 bits per heavy atom. The van der Waals surface area contributed by atoms with Crippen LogP contribution in [-0.2, 0) is 13.1 Å². The quantitative estimate of drug-likeness (QED) is 0.422. The normalized spacial score (nSPS) is 12.0. The van der Waals surface area contributed by atoms with E-state index in [-0.39, 0.29) is 41.7 Å². The van der Waals surface area contributed by atoms with Crippen molar-refractivity contribution in [3.63, 3.8) is 0 Å². The van der Waals surface area contributed by atoms with Gasteiger partial charge in [-0.25, -0.2) is 13.6 Å². The first-order valence-corrected chi connectivity index (χ1v) is 11.1. The van der Waals surface area contributed by atoms with Crippen molar-refractivity contribution < 1.29 is 13.9 Å². The highest BCUT2D eigenvalue weighted by molar-refractivity contribution is 5.65. The van der Waals surface area contributed by atoms with Gasteiger partial charge in [-0.1, -0.05) is 48.5 Å². The monoisotopic (exact) mass is 477 g/mol. The molecule has 0 spiro atoms. The molecule has 3 aromatic carbocycles. The zero-order valence-electron chi connectivity index (χ0n) is 19.3. The van der Waals surface area contributed by atoms with Crippen LogP contribution in [0.5, 0.6) is 5.75 Å². The summed E-state index contributed by atoms with van der Waals surface area (Å²) in [7, 11) is 1.73. The minimum absolute atomic E-state index is 0.00327. The molecule has 1 aromatic heterocycles. The summed E-state index contributed by atoms with van der Waals surface area (Å²) < 4.78 is 31.2. The molecule has 4 aromatic rings. The molecule has 180 valence electrons. The number of nitrogens with zero attached hydrogens (tertiary/aromatic N) is 2. The Morgan fingerprint density at radius 3 is 2.11 bits per heavy atom. The van der Waals surface area contributed by atoms with Crippen LogP contribution in [0, 0.1) is 18.6 Å². The van der Waals surface area contributed by atoms with Gasteiger partial charge < -0.3 is 10.4 Å². The predicted octanol–water partition coefficient (Wildman–Crippen LogP) is 3.98. The molecule has 0 saturated heterocycles. The largest absolute Gasteiger partial charge is 0.508 e. The van der Waals surface area contributed by atoms with Gasteiger partial charge >= 0.3 is 5.69 Å². The lowest BCUT2D eigenvalue weighted by atomic mass is 10.0. The van der Waals surface area contributed by atoms with Crippen molar-refractivity contribution in [2.45, 2.75) is 26.1 Å². The second-order valence-electron chi connectivity index (χ2n) is 8.24. The molecule has 4 rings (SSSR count). The van der Waals surface area contributed by atoms with E-state index >= 15 is 0 Å². The van der Waals surface area contributed by atoms with Crippen LogP contribution in [-0.4, -0.2) is 21.3 Å². The molecule has 0 unspecified atom stereocenters. The number of halogens is 2. The van der Waals surface area contributed by atoms with Crippen molar-refractivity contribution in [2.75, 3.05) is 7.05 Å². The molecule has 35 heavy (non-hydrogen) atoms. The molecule has 2 N–H and O–H groups in total. The Kier molecular flexibility index (Phi) is 6.93. The van der Waals surface area contributed by atoms with Crippen molar-refractivity contribution in [1.82, 2.24) is 14.5 Å². The fourth-order valence-corrected chi connectivity index (χ4v) is 4.18. The lowest BCUT2D eigenvalue weighted by molar-refractivity contribution is 0.456. The number of aromatic hydroxyl groups is 1. The number of aromatic nitrogens is 2. The Hall–Kier alpha value is -4.04. The number of phenols is 1. The van der Waals surface area contributed by atoms with Crippen LogP contribution in [0.25, 0.3) is 11.1 Å². The molecular formula is C27H25F2N3O3. The second kappa shape index (κ2) is 10.1. The zero-order valence-corrected chi connectivity index (χ0v) is 19.3. The van der Waals surface area contributed by atoms with Crippen LogP contribution in [0.1, 0.15) is 22.9 Å². The van der Waals surface area contributed by atoms with Gasteiger partial charge in [0.1, 0.15) is 17.4 Å². The van der Waals surface area contributed by atoms with Gasteiger partial charge in [-0.3, -0.25) is 13.9 Å². The van der Waals surface area contributed by atoms with Gasteiger partial charge in [0.25, 0.3) is 5.56 Å². The Labute approximate surface area is 200 Å². The molecular weight excluding hydrogens is 452 g/mol. The smallest absolute Gasteiger partial charge is 0.331 e. The lowest BCUT2D eigenvalue weighted by Gasteiger charge is -2.22. The highest BCUT2D eigenvalue weighted by atomic mass is 19.1.